The number of rotatable bonds is 4. The Morgan fingerprint density at radius 2 is 1.81 bits per heavy atom. The summed E-state index contributed by atoms with van der Waals surface area (Å²) in [4.78, 5) is 16.4. The predicted octanol–water partition coefficient (Wildman–Crippen LogP) is 4.53. The molecule has 0 amide bonds. The molecule has 0 fully saturated rings. The van der Waals surface area contributed by atoms with Crippen LogP contribution >= 0.6 is 0 Å². The third-order valence-electron chi connectivity index (χ3n) is 4.68. The number of methoxy groups -OCH3 is 1. The molecule has 2 N–H and O–H groups in total. The molecule has 0 saturated carbocycles. The van der Waals surface area contributed by atoms with Crippen molar-refractivity contribution in [2.75, 3.05) is 7.11 Å². The van der Waals surface area contributed by atoms with Crippen molar-refractivity contribution in [2.45, 2.75) is 39.0 Å². The van der Waals surface area contributed by atoms with Gasteiger partial charge in [-0.3, -0.25) is 0 Å². The second-order valence-electron chi connectivity index (χ2n) is 7.72. The lowest BCUT2D eigenvalue weighted by atomic mass is 9.96. The van der Waals surface area contributed by atoms with E-state index in [-0.39, 0.29) is 5.41 Å². The van der Waals surface area contributed by atoms with Crippen LogP contribution in [0.25, 0.3) is 22.1 Å². The zero-order valence-corrected chi connectivity index (χ0v) is 15.7. The van der Waals surface area contributed by atoms with Gasteiger partial charge in [0.2, 0.25) is 0 Å². The van der Waals surface area contributed by atoms with Crippen molar-refractivity contribution in [2.24, 2.45) is 0 Å². The van der Waals surface area contributed by atoms with E-state index in [4.69, 9.17) is 9.72 Å². The van der Waals surface area contributed by atoms with Crippen molar-refractivity contribution in [3.05, 3.63) is 53.6 Å². The number of aromatic amines is 2. The maximum Gasteiger partial charge on any atom is 0.121 e. The van der Waals surface area contributed by atoms with Crippen molar-refractivity contribution in [1.29, 1.82) is 0 Å². The van der Waals surface area contributed by atoms with Gasteiger partial charge in [0.05, 0.1) is 29.2 Å². The molecule has 0 saturated heterocycles. The van der Waals surface area contributed by atoms with Crippen molar-refractivity contribution in [1.82, 2.24) is 19.9 Å². The van der Waals surface area contributed by atoms with Gasteiger partial charge in [0.25, 0.3) is 0 Å². The molecule has 0 aliphatic carbocycles. The number of para-hydroxylation sites is 1. The van der Waals surface area contributed by atoms with Crippen LogP contribution in [0.4, 0.5) is 0 Å². The number of nitrogens with zero attached hydrogens (tertiary/aromatic N) is 2. The molecule has 0 aliphatic heterocycles. The van der Waals surface area contributed by atoms with Gasteiger partial charge in [-0.1, -0.05) is 32.9 Å². The Morgan fingerprint density at radius 3 is 2.58 bits per heavy atom. The third-order valence-corrected chi connectivity index (χ3v) is 4.68. The molecule has 0 radical (unpaired) electrons. The van der Waals surface area contributed by atoms with E-state index in [9.17, 15) is 0 Å². The van der Waals surface area contributed by atoms with Crippen LogP contribution in [-0.4, -0.2) is 27.0 Å². The number of imidazole rings is 2. The quantitative estimate of drug-likeness (QED) is 0.569. The van der Waals surface area contributed by atoms with Gasteiger partial charge in [0.15, 0.2) is 0 Å². The van der Waals surface area contributed by atoms with Crippen molar-refractivity contribution in [3.8, 4) is 5.75 Å². The van der Waals surface area contributed by atoms with E-state index in [1.165, 1.54) is 5.56 Å². The van der Waals surface area contributed by atoms with E-state index in [1.54, 1.807) is 7.11 Å². The van der Waals surface area contributed by atoms with Gasteiger partial charge in [-0.25, -0.2) is 9.97 Å². The molecule has 0 bridgehead atoms. The number of aromatic nitrogens is 4. The third kappa shape index (κ3) is 3.05. The molecule has 134 valence electrons. The Morgan fingerprint density at radius 1 is 0.962 bits per heavy atom. The van der Waals surface area contributed by atoms with Crippen LogP contribution in [0.1, 0.15) is 38.0 Å². The number of H-pyrrole nitrogens is 2. The number of aryl methyl sites for hydroxylation is 2. The highest BCUT2D eigenvalue weighted by Crippen LogP contribution is 2.25. The Kier molecular flexibility index (Phi) is 3.94. The van der Waals surface area contributed by atoms with Crippen LogP contribution in [0.3, 0.4) is 0 Å². The van der Waals surface area contributed by atoms with Crippen LogP contribution in [-0.2, 0) is 18.3 Å². The van der Waals surface area contributed by atoms with Crippen molar-refractivity contribution < 1.29 is 4.74 Å². The number of benzene rings is 2. The number of ether oxygens (including phenoxy) is 1. The summed E-state index contributed by atoms with van der Waals surface area (Å²) in [6.07, 6.45) is 1.73. The van der Waals surface area contributed by atoms with E-state index in [1.807, 2.05) is 18.2 Å². The normalized spacial score (nSPS) is 12.2. The summed E-state index contributed by atoms with van der Waals surface area (Å²) < 4.78 is 5.28. The summed E-state index contributed by atoms with van der Waals surface area (Å²) in [5.74, 6) is 2.84. The van der Waals surface area contributed by atoms with Gasteiger partial charge in [-0.15, -0.1) is 0 Å². The van der Waals surface area contributed by atoms with Crippen LogP contribution in [0.15, 0.2) is 36.4 Å². The molecule has 0 aliphatic rings. The molecule has 5 heteroatoms. The summed E-state index contributed by atoms with van der Waals surface area (Å²) in [6.45, 7) is 6.52. The summed E-state index contributed by atoms with van der Waals surface area (Å²) in [7, 11) is 1.68. The van der Waals surface area contributed by atoms with Crippen LogP contribution in [0, 0.1) is 0 Å². The average Bonchev–Trinajstić information content (AvgIpc) is 3.22. The fraction of sp³-hybridized carbons (Fsp3) is 0.333. The van der Waals surface area contributed by atoms with Crippen LogP contribution < -0.4 is 4.74 Å². The van der Waals surface area contributed by atoms with Gasteiger partial charge < -0.3 is 14.7 Å². The molecular formula is C21H24N4O. The number of hydrogen-bond donors (Lipinski definition) is 2. The monoisotopic (exact) mass is 348 g/mol. The molecule has 26 heavy (non-hydrogen) atoms. The lowest BCUT2D eigenvalue weighted by Crippen LogP contribution is -2.13. The van der Waals surface area contributed by atoms with Crippen molar-refractivity contribution >= 4 is 22.1 Å². The summed E-state index contributed by atoms with van der Waals surface area (Å²) in [5, 5.41) is 0. The highest BCUT2D eigenvalue weighted by molar-refractivity contribution is 5.79. The first-order valence-electron chi connectivity index (χ1n) is 8.95. The minimum Gasteiger partial charge on any atom is -0.497 e. The highest BCUT2D eigenvalue weighted by Gasteiger charge is 2.19. The minimum absolute atomic E-state index is 0.00802. The molecule has 4 aromatic rings. The van der Waals surface area contributed by atoms with Gasteiger partial charge in [-0.2, -0.15) is 0 Å². The maximum absolute atomic E-state index is 5.28. The molecule has 0 spiro atoms. The molecule has 5 nitrogen and oxygen atoms in total. The zero-order valence-electron chi connectivity index (χ0n) is 15.7. The van der Waals surface area contributed by atoms with Gasteiger partial charge in [0.1, 0.15) is 17.4 Å². The van der Waals surface area contributed by atoms with Gasteiger partial charge in [-0.05, 0) is 30.2 Å². The predicted molar refractivity (Wildman–Crippen MR) is 105 cm³/mol. The van der Waals surface area contributed by atoms with E-state index in [2.05, 4.69) is 53.9 Å². The fourth-order valence-electron chi connectivity index (χ4n) is 3.19. The Hall–Kier alpha value is -2.82. The second-order valence-corrected chi connectivity index (χ2v) is 7.72. The highest BCUT2D eigenvalue weighted by atomic mass is 16.5. The van der Waals surface area contributed by atoms with Crippen LogP contribution in [0.5, 0.6) is 5.75 Å². The summed E-state index contributed by atoms with van der Waals surface area (Å²) >= 11 is 0. The van der Waals surface area contributed by atoms with Gasteiger partial charge >= 0.3 is 0 Å². The standard InChI is InChI=1S/C21H24N4O/c1-21(2,3)20-24-16-7-5-6-13(19(16)25-20)8-11-18-22-15-10-9-14(26-4)12-17(15)23-18/h5-7,9-10,12H,8,11H2,1-4H3,(H,22,23)(H,24,25). The molecule has 0 unspecified atom stereocenters. The van der Waals surface area contributed by atoms with Crippen LogP contribution in [0.2, 0.25) is 0 Å². The number of fused-ring (bicyclic) bond motifs is 2. The number of nitrogens with one attached hydrogen (secondary N) is 2. The minimum atomic E-state index is 0.00802. The smallest absolute Gasteiger partial charge is 0.121 e. The largest absolute Gasteiger partial charge is 0.497 e. The first-order chi connectivity index (χ1) is 12.4. The molecule has 4 rings (SSSR count). The SMILES string of the molecule is COc1ccc2nc(CCc3cccc4[nH]c(C(C)(C)C)nc34)[nH]c2c1. The maximum atomic E-state index is 5.28. The second kappa shape index (κ2) is 6.16. The van der Waals surface area contributed by atoms with Crippen molar-refractivity contribution in [3.63, 3.8) is 0 Å². The molecular weight excluding hydrogens is 324 g/mol. The topological polar surface area (TPSA) is 66.6 Å². The molecule has 2 heterocycles. The Bertz CT molecular complexity index is 1070. The summed E-state index contributed by atoms with van der Waals surface area (Å²) in [6, 6.07) is 12.2. The van der Waals surface area contributed by atoms with E-state index in [0.29, 0.717) is 0 Å². The number of hydrogen-bond acceptors (Lipinski definition) is 3. The van der Waals surface area contributed by atoms with E-state index < -0.39 is 0 Å². The zero-order chi connectivity index (χ0) is 18.3. The Labute approximate surface area is 152 Å². The van der Waals surface area contributed by atoms with E-state index in [0.717, 1.165) is 52.3 Å². The first kappa shape index (κ1) is 16.6. The molecule has 2 aromatic carbocycles. The first-order valence-corrected chi connectivity index (χ1v) is 8.95. The molecule has 0 atom stereocenters. The fourth-order valence-corrected chi connectivity index (χ4v) is 3.19. The lowest BCUT2D eigenvalue weighted by molar-refractivity contribution is 0.415. The summed E-state index contributed by atoms with van der Waals surface area (Å²) in [5.41, 5.74) is 5.39. The average molecular weight is 348 g/mol. The van der Waals surface area contributed by atoms with E-state index >= 15 is 0 Å². The Balaban J connectivity index is 1.60. The van der Waals surface area contributed by atoms with Gasteiger partial charge in [0, 0.05) is 17.9 Å². The lowest BCUT2D eigenvalue weighted by Gasteiger charge is -2.13. The molecule has 2 aromatic heterocycles.